The van der Waals surface area contributed by atoms with Crippen LogP contribution >= 0.6 is 11.3 Å². The van der Waals surface area contributed by atoms with Crippen molar-refractivity contribution in [1.82, 2.24) is 4.90 Å². The third kappa shape index (κ3) is 2.29. The first-order chi connectivity index (χ1) is 9.53. The van der Waals surface area contributed by atoms with Gasteiger partial charge in [0.1, 0.15) is 0 Å². The molecule has 1 saturated heterocycles. The minimum absolute atomic E-state index is 0.229. The van der Waals surface area contributed by atoms with Gasteiger partial charge in [-0.2, -0.15) is 0 Å². The molecule has 2 aliphatic rings. The van der Waals surface area contributed by atoms with Crippen LogP contribution in [0.4, 0.5) is 0 Å². The first-order valence-corrected chi connectivity index (χ1v) is 8.30. The summed E-state index contributed by atoms with van der Waals surface area (Å²) < 4.78 is 5.55. The van der Waals surface area contributed by atoms with Gasteiger partial charge in [-0.15, -0.1) is 11.3 Å². The molecule has 1 aromatic rings. The van der Waals surface area contributed by atoms with E-state index < -0.39 is 0 Å². The average Bonchev–Trinajstić information content (AvgIpc) is 3.00. The summed E-state index contributed by atoms with van der Waals surface area (Å²) in [7, 11) is 1.81. The van der Waals surface area contributed by atoms with Crippen LogP contribution in [0.5, 0.6) is 0 Å². The predicted molar refractivity (Wildman–Crippen MR) is 81.3 cm³/mol. The molecule has 4 heteroatoms. The number of hydrogen-bond donors (Lipinski definition) is 0. The minimum Gasteiger partial charge on any atom is -0.381 e. The van der Waals surface area contributed by atoms with Gasteiger partial charge in [0.15, 0.2) is 0 Å². The number of hydrogen-bond acceptors (Lipinski definition) is 3. The Morgan fingerprint density at radius 3 is 2.95 bits per heavy atom. The molecule has 0 N–H and O–H groups in total. The van der Waals surface area contributed by atoms with Gasteiger partial charge in [0.05, 0.1) is 11.0 Å². The molecule has 0 bridgehead atoms. The molecule has 1 aliphatic carbocycles. The SMILES string of the molecule is CO[C@@H]1CC[C@H]2N(C(=O)c3cc(C)cs3)CC[C@@]2(C)C1. The second-order valence-corrected chi connectivity index (χ2v) is 7.46. The Bertz CT molecular complexity index is 512. The average molecular weight is 293 g/mol. The summed E-state index contributed by atoms with van der Waals surface area (Å²) in [5, 5.41) is 2.06. The van der Waals surface area contributed by atoms with Crippen LogP contribution in [-0.2, 0) is 4.74 Å². The molecule has 0 unspecified atom stereocenters. The summed E-state index contributed by atoms with van der Waals surface area (Å²) in [6.07, 6.45) is 4.71. The van der Waals surface area contributed by atoms with Crippen molar-refractivity contribution < 1.29 is 9.53 Å². The Kier molecular flexibility index (Phi) is 3.63. The summed E-state index contributed by atoms with van der Waals surface area (Å²) in [4.78, 5) is 15.7. The van der Waals surface area contributed by atoms with Crippen molar-refractivity contribution in [2.45, 2.75) is 51.7 Å². The Morgan fingerprint density at radius 1 is 1.50 bits per heavy atom. The van der Waals surface area contributed by atoms with Gasteiger partial charge in [-0.3, -0.25) is 4.79 Å². The van der Waals surface area contributed by atoms with Gasteiger partial charge in [0.25, 0.3) is 5.91 Å². The van der Waals surface area contributed by atoms with Crippen molar-refractivity contribution in [3.8, 4) is 0 Å². The summed E-state index contributed by atoms with van der Waals surface area (Å²) >= 11 is 1.57. The second kappa shape index (κ2) is 5.15. The van der Waals surface area contributed by atoms with E-state index in [-0.39, 0.29) is 11.3 Å². The highest BCUT2D eigenvalue weighted by molar-refractivity contribution is 7.12. The lowest BCUT2D eigenvalue weighted by Crippen LogP contribution is -2.46. The van der Waals surface area contributed by atoms with Crippen molar-refractivity contribution in [3.05, 3.63) is 21.9 Å². The van der Waals surface area contributed by atoms with Crippen LogP contribution in [0, 0.1) is 12.3 Å². The molecule has 1 amide bonds. The van der Waals surface area contributed by atoms with Gasteiger partial charge < -0.3 is 9.64 Å². The fraction of sp³-hybridized carbons (Fsp3) is 0.688. The van der Waals surface area contributed by atoms with E-state index in [2.05, 4.69) is 17.2 Å². The molecule has 0 radical (unpaired) electrons. The Labute approximate surface area is 124 Å². The van der Waals surface area contributed by atoms with Crippen molar-refractivity contribution in [3.63, 3.8) is 0 Å². The van der Waals surface area contributed by atoms with Crippen LogP contribution in [-0.4, -0.2) is 36.6 Å². The number of likely N-dealkylation sites (tertiary alicyclic amines) is 1. The molecule has 3 rings (SSSR count). The number of rotatable bonds is 2. The number of methoxy groups -OCH3 is 1. The topological polar surface area (TPSA) is 29.5 Å². The molecule has 2 fully saturated rings. The van der Waals surface area contributed by atoms with Gasteiger partial charge in [0, 0.05) is 19.7 Å². The molecule has 1 saturated carbocycles. The molecule has 110 valence electrons. The zero-order valence-corrected chi connectivity index (χ0v) is 13.3. The summed E-state index contributed by atoms with van der Waals surface area (Å²) in [6, 6.07) is 2.41. The van der Waals surface area contributed by atoms with Crippen molar-refractivity contribution in [1.29, 1.82) is 0 Å². The molecular weight excluding hydrogens is 270 g/mol. The number of ether oxygens (including phenoxy) is 1. The maximum atomic E-state index is 12.7. The lowest BCUT2D eigenvalue weighted by atomic mass is 9.71. The van der Waals surface area contributed by atoms with Gasteiger partial charge >= 0.3 is 0 Å². The van der Waals surface area contributed by atoms with E-state index in [1.54, 1.807) is 18.4 Å². The summed E-state index contributed by atoms with van der Waals surface area (Å²) in [6.45, 7) is 5.27. The Balaban J connectivity index is 1.78. The van der Waals surface area contributed by atoms with Crippen LogP contribution in [0.2, 0.25) is 0 Å². The molecule has 1 aliphatic heterocycles. The number of aryl methyl sites for hydroxylation is 1. The van der Waals surface area contributed by atoms with E-state index in [0.29, 0.717) is 12.1 Å². The van der Waals surface area contributed by atoms with Crippen molar-refractivity contribution in [2.24, 2.45) is 5.41 Å². The maximum Gasteiger partial charge on any atom is 0.264 e. The molecule has 1 aromatic heterocycles. The van der Waals surface area contributed by atoms with E-state index in [1.165, 1.54) is 5.56 Å². The normalized spacial score (nSPS) is 33.2. The largest absolute Gasteiger partial charge is 0.381 e. The van der Waals surface area contributed by atoms with Gasteiger partial charge in [0.2, 0.25) is 0 Å². The highest BCUT2D eigenvalue weighted by Gasteiger charge is 2.49. The van der Waals surface area contributed by atoms with Gasteiger partial charge in [-0.25, -0.2) is 0 Å². The molecule has 0 aromatic carbocycles. The van der Waals surface area contributed by atoms with E-state index in [0.717, 1.165) is 37.1 Å². The fourth-order valence-electron chi connectivity index (χ4n) is 3.91. The molecule has 3 nitrogen and oxygen atoms in total. The molecule has 2 heterocycles. The quantitative estimate of drug-likeness (QED) is 0.835. The van der Waals surface area contributed by atoms with Crippen molar-refractivity contribution >= 4 is 17.2 Å². The van der Waals surface area contributed by atoms with E-state index in [1.807, 2.05) is 13.0 Å². The smallest absolute Gasteiger partial charge is 0.264 e. The molecule has 3 atom stereocenters. The Hall–Kier alpha value is -0.870. The molecule has 20 heavy (non-hydrogen) atoms. The van der Waals surface area contributed by atoms with Crippen molar-refractivity contribution in [2.75, 3.05) is 13.7 Å². The van der Waals surface area contributed by atoms with E-state index in [4.69, 9.17) is 4.74 Å². The molecule has 0 spiro atoms. The number of carbonyl (C=O) groups excluding carboxylic acids is 1. The fourth-order valence-corrected chi connectivity index (χ4v) is 4.76. The summed E-state index contributed by atoms with van der Waals surface area (Å²) in [5.41, 5.74) is 1.42. The lowest BCUT2D eigenvalue weighted by Gasteiger charge is -2.42. The van der Waals surface area contributed by atoms with Gasteiger partial charge in [-0.05, 0) is 55.0 Å². The van der Waals surface area contributed by atoms with E-state index >= 15 is 0 Å². The van der Waals surface area contributed by atoms with Crippen LogP contribution < -0.4 is 0 Å². The second-order valence-electron chi connectivity index (χ2n) is 6.55. The number of thiophene rings is 1. The summed E-state index contributed by atoms with van der Waals surface area (Å²) in [5.74, 6) is 0.229. The lowest BCUT2D eigenvalue weighted by molar-refractivity contribution is -0.00268. The van der Waals surface area contributed by atoms with Crippen LogP contribution in [0.3, 0.4) is 0 Å². The maximum absolute atomic E-state index is 12.7. The third-order valence-corrected chi connectivity index (χ3v) is 6.13. The van der Waals surface area contributed by atoms with Crippen LogP contribution in [0.1, 0.15) is 47.8 Å². The number of fused-ring (bicyclic) bond motifs is 1. The zero-order chi connectivity index (χ0) is 14.3. The first-order valence-electron chi connectivity index (χ1n) is 7.42. The monoisotopic (exact) mass is 293 g/mol. The highest BCUT2D eigenvalue weighted by Crippen LogP contribution is 2.47. The first kappa shape index (κ1) is 14.1. The highest BCUT2D eigenvalue weighted by atomic mass is 32.1. The zero-order valence-electron chi connectivity index (χ0n) is 12.5. The molecular formula is C16H23NO2S. The third-order valence-electron chi connectivity index (χ3n) is 5.10. The van der Waals surface area contributed by atoms with Crippen LogP contribution in [0.15, 0.2) is 11.4 Å². The number of nitrogens with zero attached hydrogens (tertiary/aromatic N) is 1. The van der Waals surface area contributed by atoms with Crippen LogP contribution in [0.25, 0.3) is 0 Å². The Morgan fingerprint density at radius 2 is 2.30 bits per heavy atom. The van der Waals surface area contributed by atoms with Gasteiger partial charge in [-0.1, -0.05) is 6.92 Å². The predicted octanol–water partition coefficient (Wildman–Crippen LogP) is 3.48. The standard InChI is InChI=1S/C16H23NO2S/c1-11-8-13(20-10-11)15(18)17-7-6-16(2)9-12(19-3)4-5-14(16)17/h8,10,12,14H,4-7,9H2,1-3H3/t12-,14-,16+/m1/s1. The number of amides is 1. The van der Waals surface area contributed by atoms with E-state index in [9.17, 15) is 4.79 Å². The minimum atomic E-state index is 0.229. The number of carbonyl (C=O) groups is 1.